The van der Waals surface area contributed by atoms with Crippen molar-refractivity contribution in [3.8, 4) is 5.75 Å². The maximum atomic E-state index is 13.2. The standard InChI is InChI=1S/C27H30N4O4/c1-17-4-6-19(7-5-17)27(2)25(33)31(26(34)29-27)16-24(32)30-12-10-18(11-13-30)22-15-28-23-9-8-20(35-3)14-21(22)23/h4-9,14-15,18,28H,10-13,16H2,1-3H3,(H,29,34). The van der Waals surface area contributed by atoms with Crippen molar-refractivity contribution in [3.63, 3.8) is 0 Å². The van der Waals surface area contributed by atoms with Crippen LogP contribution in [0, 0.1) is 6.92 Å². The van der Waals surface area contributed by atoms with Gasteiger partial charge in [-0.25, -0.2) is 4.79 Å². The van der Waals surface area contributed by atoms with Gasteiger partial charge in [-0.15, -0.1) is 0 Å². The Morgan fingerprint density at radius 3 is 2.51 bits per heavy atom. The number of nitrogens with zero attached hydrogens (tertiary/aromatic N) is 2. The summed E-state index contributed by atoms with van der Waals surface area (Å²) in [6.45, 7) is 4.56. The first-order chi connectivity index (χ1) is 16.8. The third-order valence-electron chi connectivity index (χ3n) is 7.41. The highest BCUT2D eigenvalue weighted by molar-refractivity contribution is 6.09. The van der Waals surface area contributed by atoms with Gasteiger partial charge in [-0.05, 0) is 61.9 Å². The van der Waals surface area contributed by atoms with E-state index < -0.39 is 17.5 Å². The van der Waals surface area contributed by atoms with Gasteiger partial charge in [-0.2, -0.15) is 0 Å². The molecule has 2 aromatic carbocycles. The van der Waals surface area contributed by atoms with Crippen molar-refractivity contribution in [2.24, 2.45) is 0 Å². The molecule has 0 spiro atoms. The molecule has 1 unspecified atom stereocenters. The van der Waals surface area contributed by atoms with Crippen LogP contribution >= 0.6 is 0 Å². The predicted octanol–water partition coefficient (Wildman–Crippen LogP) is 3.66. The van der Waals surface area contributed by atoms with Crippen LogP contribution in [0.3, 0.4) is 0 Å². The summed E-state index contributed by atoms with van der Waals surface area (Å²) in [6.07, 6.45) is 3.68. The van der Waals surface area contributed by atoms with Gasteiger partial charge >= 0.3 is 6.03 Å². The second-order valence-electron chi connectivity index (χ2n) is 9.62. The average molecular weight is 475 g/mol. The van der Waals surface area contributed by atoms with E-state index in [4.69, 9.17) is 4.74 Å². The van der Waals surface area contributed by atoms with Crippen molar-refractivity contribution < 1.29 is 19.1 Å². The number of fused-ring (bicyclic) bond motifs is 1. The number of H-pyrrole nitrogens is 1. The number of methoxy groups -OCH3 is 1. The van der Waals surface area contributed by atoms with E-state index in [9.17, 15) is 14.4 Å². The van der Waals surface area contributed by atoms with Crippen LogP contribution in [0.4, 0.5) is 4.79 Å². The number of carbonyl (C=O) groups is 3. The number of aromatic amines is 1. The van der Waals surface area contributed by atoms with Crippen LogP contribution < -0.4 is 10.1 Å². The van der Waals surface area contributed by atoms with E-state index in [0.717, 1.165) is 40.0 Å². The molecule has 8 nitrogen and oxygen atoms in total. The number of piperidine rings is 1. The Kier molecular flexibility index (Phi) is 5.75. The molecular formula is C27H30N4O4. The van der Waals surface area contributed by atoms with Crippen LogP contribution in [0.2, 0.25) is 0 Å². The number of hydrogen-bond acceptors (Lipinski definition) is 4. The predicted molar refractivity (Wildman–Crippen MR) is 132 cm³/mol. The lowest BCUT2D eigenvalue weighted by Gasteiger charge is -2.33. The van der Waals surface area contributed by atoms with E-state index in [2.05, 4.69) is 10.3 Å². The highest BCUT2D eigenvalue weighted by Crippen LogP contribution is 2.35. The van der Waals surface area contributed by atoms with Crippen molar-refractivity contribution in [2.45, 2.75) is 38.1 Å². The van der Waals surface area contributed by atoms with Gasteiger partial charge in [0.05, 0.1) is 7.11 Å². The second-order valence-corrected chi connectivity index (χ2v) is 9.62. The van der Waals surface area contributed by atoms with Gasteiger partial charge in [0.2, 0.25) is 5.91 Å². The average Bonchev–Trinajstić information content (AvgIpc) is 3.38. The minimum Gasteiger partial charge on any atom is -0.497 e. The molecule has 1 aromatic heterocycles. The van der Waals surface area contributed by atoms with Gasteiger partial charge in [0.15, 0.2) is 0 Å². The molecule has 0 aliphatic carbocycles. The normalized spacial score (nSPS) is 21.0. The molecule has 3 heterocycles. The molecule has 182 valence electrons. The fourth-order valence-corrected chi connectivity index (χ4v) is 5.18. The number of urea groups is 1. The number of amides is 4. The molecule has 2 saturated heterocycles. The second kappa shape index (κ2) is 8.76. The minimum atomic E-state index is -1.17. The van der Waals surface area contributed by atoms with E-state index in [1.165, 1.54) is 5.56 Å². The molecule has 4 amide bonds. The highest BCUT2D eigenvalue weighted by atomic mass is 16.5. The Hall–Kier alpha value is -3.81. The number of rotatable bonds is 5. The highest BCUT2D eigenvalue weighted by Gasteiger charge is 2.49. The van der Waals surface area contributed by atoms with Crippen LogP contribution in [0.25, 0.3) is 10.9 Å². The van der Waals surface area contributed by atoms with Gasteiger partial charge in [0.1, 0.15) is 17.8 Å². The van der Waals surface area contributed by atoms with Gasteiger partial charge in [0, 0.05) is 30.2 Å². The molecule has 5 rings (SSSR count). The van der Waals surface area contributed by atoms with Gasteiger partial charge in [-0.1, -0.05) is 29.8 Å². The lowest BCUT2D eigenvalue weighted by atomic mass is 9.89. The first-order valence-corrected chi connectivity index (χ1v) is 11.9. The van der Waals surface area contributed by atoms with Gasteiger partial charge in [-0.3, -0.25) is 14.5 Å². The van der Waals surface area contributed by atoms with Crippen LogP contribution in [0.15, 0.2) is 48.7 Å². The third-order valence-corrected chi connectivity index (χ3v) is 7.41. The number of hydrogen-bond donors (Lipinski definition) is 2. The lowest BCUT2D eigenvalue weighted by molar-refractivity contribution is -0.139. The molecule has 2 fully saturated rings. The van der Waals surface area contributed by atoms with Crippen LogP contribution in [0.1, 0.15) is 42.4 Å². The van der Waals surface area contributed by atoms with Crippen molar-refractivity contribution >= 4 is 28.7 Å². The summed E-state index contributed by atoms with van der Waals surface area (Å²) in [5.41, 5.74) is 2.89. The summed E-state index contributed by atoms with van der Waals surface area (Å²) in [7, 11) is 1.66. The van der Waals surface area contributed by atoms with Gasteiger partial charge in [0.25, 0.3) is 5.91 Å². The number of aromatic nitrogens is 1. The maximum Gasteiger partial charge on any atom is 0.325 e. The summed E-state index contributed by atoms with van der Waals surface area (Å²) < 4.78 is 5.38. The Bertz CT molecular complexity index is 1290. The van der Waals surface area contributed by atoms with Crippen molar-refractivity contribution in [1.82, 2.24) is 20.1 Å². The molecular weight excluding hydrogens is 444 g/mol. The van der Waals surface area contributed by atoms with Crippen molar-refractivity contribution in [3.05, 3.63) is 65.4 Å². The number of imide groups is 1. The van der Waals surface area contributed by atoms with Crippen molar-refractivity contribution in [1.29, 1.82) is 0 Å². The summed E-state index contributed by atoms with van der Waals surface area (Å²) in [5.74, 6) is 0.529. The molecule has 3 aromatic rings. The number of nitrogens with one attached hydrogen (secondary N) is 2. The first-order valence-electron chi connectivity index (χ1n) is 11.9. The zero-order valence-corrected chi connectivity index (χ0v) is 20.3. The summed E-state index contributed by atoms with van der Waals surface area (Å²) in [6, 6.07) is 12.9. The quantitative estimate of drug-likeness (QED) is 0.552. The molecule has 2 N–H and O–H groups in total. The largest absolute Gasteiger partial charge is 0.497 e. The molecule has 0 bridgehead atoms. The Balaban J connectivity index is 1.24. The fourth-order valence-electron chi connectivity index (χ4n) is 5.18. The Morgan fingerprint density at radius 2 is 1.83 bits per heavy atom. The maximum absolute atomic E-state index is 13.2. The zero-order chi connectivity index (χ0) is 24.7. The Morgan fingerprint density at radius 1 is 1.11 bits per heavy atom. The zero-order valence-electron chi connectivity index (χ0n) is 20.3. The number of aryl methyl sites for hydroxylation is 1. The molecule has 35 heavy (non-hydrogen) atoms. The summed E-state index contributed by atoms with van der Waals surface area (Å²) in [4.78, 5) is 45.0. The molecule has 1 atom stereocenters. The Labute approximate surface area is 204 Å². The lowest BCUT2D eigenvalue weighted by Crippen LogP contribution is -2.46. The van der Waals surface area contributed by atoms with Crippen LogP contribution in [-0.4, -0.2) is 59.4 Å². The molecule has 8 heteroatoms. The van der Waals surface area contributed by atoms with Crippen LogP contribution in [0.5, 0.6) is 5.75 Å². The number of likely N-dealkylation sites (tertiary alicyclic amines) is 1. The molecule has 2 aliphatic rings. The third kappa shape index (κ3) is 4.03. The van der Waals surface area contributed by atoms with E-state index in [-0.39, 0.29) is 12.5 Å². The summed E-state index contributed by atoms with van der Waals surface area (Å²) >= 11 is 0. The topological polar surface area (TPSA) is 94.7 Å². The number of benzene rings is 2. The fraction of sp³-hybridized carbons (Fsp3) is 0.370. The number of ether oxygens (including phenoxy) is 1. The van der Waals surface area contributed by atoms with E-state index >= 15 is 0 Å². The first kappa shape index (κ1) is 23.0. The van der Waals surface area contributed by atoms with E-state index in [1.807, 2.05) is 55.6 Å². The molecule has 0 radical (unpaired) electrons. The summed E-state index contributed by atoms with van der Waals surface area (Å²) in [5, 5.41) is 3.92. The SMILES string of the molecule is COc1ccc2[nH]cc(C3CCN(C(=O)CN4C(=O)NC(C)(c5ccc(C)cc5)C4=O)CC3)c2c1. The number of carbonyl (C=O) groups excluding carboxylic acids is 3. The molecule has 2 aliphatic heterocycles. The van der Waals surface area contributed by atoms with E-state index in [1.54, 1.807) is 18.9 Å². The smallest absolute Gasteiger partial charge is 0.325 e. The monoisotopic (exact) mass is 474 g/mol. The van der Waals surface area contributed by atoms with Crippen molar-refractivity contribution in [2.75, 3.05) is 26.7 Å². The van der Waals surface area contributed by atoms with E-state index in [0.29, 0.717) is 24.6 Å². The van der Waals surface area contributed by atoms with Gasteiger partial charge < -0.3 is 19.9 Å². The minimum absolute atomic E-state index is 0.208. The van der Waals surface area contributed by atoms with Crippen LogP contribution in [-0.2, 0) is 15.1 Å². The molecule has 0 saturated carbocycles.